The van der Waals surface area contributed by atoms with E-state index in [2.05, 4.69) is 20.4 Å². The number of rotatable bonds is 7. The zero-order valence-electron chi connectivity index (χ0n) is 16.2. The zero-order chi connectivity index (χ0) is 21.7. The fourth-order valence-electron chi connectivity index (χ4n) is 2.75. The fraction of sp³-hybridized carbons (Fsp3) is 0.190. The molecule has 0 fully saturated rings. The summed E-state index contributed by atoms with van der Waals surface area (Å²) < 4.78 is 28.7. The van der Waals surface area contributed by atoms with Crippen molar-refractivity contribution in [3.8, 4) is 17.0 Å². The van der Waals surface area contributed by atoms with Gasteiger partial charge in [-0.2, -0.15) is 8.78 Å². The van der Waals surface area contributed by atoms with E-state index in [1.165, 1.54) is 42.5 Å². The molecule has 156 valence electrons. The molecule has 1 atom stereocenters. The maximum Gasteiger partial charge on any atom is 0.387 e. The van der Waals surface area contributed by atoms with E-state index in [1.54, 1.807) is 0 Å². The number of hydrogen-bond donors (Lipinski definition) is 2. The number of carbonyl (C=O) groups is 2. The Balaban J connectivity index is 1.64. The second-order valence-corrected chi connectivity index (χ2v) is 7.30. The predicted molar refractivity (Wildman–Crippen MR) is 111 cm³/mol. The van der Waals surface area contributed by atoms with E-state index < -0.39 is 12.5 Å². The molecule has 0 saturated carbocycles. The summed E-state index contributed by atoms with van der Waals surface area (Å²) in [6, 6.07) is 12.9. The highest BCUT2D eigenvalue weighted by molar-refractivity contribution is 7.14. The van der Waals surface area contributed by atoms with Crippen LogP contribution in [0.4, 0.5) is 13.9 Å². The van der Waals surface area contributed by atoms with E-state index in [4.69, 9.17) is 0 Å². The van der Waals surface area contributed by atoms with Gasteiger partial charge in [0, 0.05) is 23.4 Å². The van der Waals surface area contributed by atoms with Crippen LogP contribution in [-0.2, 0) is 4.79 Å². The number of carbonyl (C=O) groups excluding carboxylic acids is 2. The van der Waals surface area contributed by atoms with Crippen LogP contribution in [0.2, 0.25) is 0 Å². The van der Waals surface area contributed by atoms with Crippen LogP contribution in [-0.4, -0.2) is 23.4 Å². The predicted octanol–water partition coefficient (Wildman–Crippen LogP) is 4.86. The summed E-state index contributed by atoms with van der Waals surface area (Å²) in [4.78, 5) is 27.9. The van der Waals surface area contributed by atoms with Crippen LogP contribution in [0.15, 0.2) is 53.9 Å². The highest BCUT2D eigenvalue weighted by Gasteiger charge is 2.12. The Morgan fingerprint density at radius 3 is 2.33 bits per heavy atom. The molecule has 3 aromatic rings. The first-order valence-electron chi connectivity index (χ1n) is 9.01. The molecule has 0 saturated heterocycles. The van der Waals surface area contributed by atoms with Crippen LogP contribution in [0.1, 0.15) is 35.8 Å². The molecule has 1 heterocycles. The second kappa shape index (κ2) is 9.45. The van der Waals surface area contributed by atoms with E-state index in [1.807, 2.05) is 36.6 Å². The third kappa shape index (κ3) is 5.60. The Kier molecular flexibility index (Phi) is 6.73. The first-order chi connectivity index (χ1) is 14.3. The van der Waals surface area contributed by atoms with E-state index in [0.717, 1.165) is 11.1 Å². The first-order valence-corrected chi connectivity index (χ1v) is 9.89. The zero-order valence-corrected chi connectivity index (χ0v) is 17.0. The van der Waals surface area contributed by atoms with E-state index >= 15 is 0 Å². The minimum absolute atomic E-state index is 0.0191. The molecule has 1 unspecified atom stereocenters. The Labute approximate surface area is 175 Å². The van der Waals surface area contributed by atoms with Crippen LogP contribution in [0.3, 0.4) is 0 Å². The van der Waals surface area contributed by atoms with Crippen molar-refractivity contribution < 1.29 is 23.1 Å². The van der Waals surface area contributed by atoms with Gasteiger partial charge in [-0.1, -0.05) is 24.3 Å². The lowest BCUT2D eigenvalue weighted by Gasteiger charge is -2.13. The molecule has 2 aromatic carbocycles. The molecule has 0 aliphatic heterocycles. The molecule has 0 spiro atoms. The van der Waals surface area contributed by atoms with Crippen LogP contribution in [0.25, 0.3) is 11.3 Å². The number of alkyl halides is 2. The number of nitrogens with zero attached hydrogens (tertiary/aromatic N) is 1. The van der Waals surface area contributed by atoms with Crippen molar-refractivity contribution >= 4 is 28.3 Å². The summed E-state index contributed by atoms with van der Waals surface area (Å²) in [5.74, 6) is -0.518. The van der Waals surface area contributed by atoms with Crippen LogP contribution < -0.4 is 15.4 Å². The highest BCUT2D eigenvalue weighted by Crippen LogP contribution is 2.27. The second-order valence-electron chi connectivity index (χ2n) is 6.44. The first kappa shape index (κ1) is 21.4. The lowest BCUT2D eigenvalue weighted by molar-refractivity contribution is -0.119. The molecule has 0 radical (unpaired) electrons. The third-order valence-electron chi connectivity index (χ3n) is 4.19. The molecule has 1 aromatic heterocycles. The van der Waals surface area contributed by atoms with E-state index in [0.29, 0.717) is 16.4 Å². The summed E-state index contributed by atoms with van der Waals surface area (Å²) in [6.45, 7) is 0.460. The van der Waals surface area contributed by atoms with Crippen molar-refractivity contribution in [3.63, 3.8) is 0 Å². The van der Waals surface area contributed by atoms with Crippen molar-refractivity contribution in [3.05, 3.63) is 65.0 Å². The molecular formula is C21H19F2N3O3S. The van der Waals surface area contributed by atoms with Gasteiger partial charge in [-0.15, -0.1) is 11.3 Å². The summed E-state index contributed by atoms with van der Waals surface area (Å²) in [7, 11) is 0. The van der Waals surface area contributed by atoms with Crippen molar-refractivity contribution in [2.24, 2.45) is 0 Å². The number of thiazole rings is 1. The number of benzene rings is 2. The summed E-state index contributed by atoms with van der Waals surface area (Å²) in [5, 5.41) is 7.76. The molecule has 6 nitrogen and oxygen atoms in total. The number of hydrogen-bond acceptors (Lipinski definition) is 5. The summed E-state index contributed by atoms with van der Waals surface area (Å²) >= 11 is 1.27. The largest absolute Gasteiger partial charge is 0.435 e. The molecule has 2 N–H and O–H groups in total. The van der Waals surface area contributed by atoms with Gasteiger partial charge >= 0.3 is 6.61 Å². The number of halogens is 2. The number of amides is 2. The molecule has 0 bridgehead atoms. The molecular weight excluding hydrogens is 412 g/mol. The molecule has 9 heteroatoms. The fourth-order valence-corrected chi connectivity index (χ4v) is 3.47. The summed E-state index contributed by atoms with van der Waals surface area (Å²) in [5.41, 5.74) is 2.84. The molecule has 2 amide bonds. The van der Waals surface area contributed by atoms with Crippen molar-refractivity contribution in [2.75, 3.05) is 5.32 Å². The average Bonchev–Trinajstić information content (AvgIpc) is 3.16. The van der Waals surface area contributed by atoms with E-state index in [9.17, 15) is 18.4 Å². The van der Waals surface area contributed by atoms with Gasteiger partial charge in [0.1, 0.15) is 5.75 Å². The van der Waals surface area contributed by atoms with Gasteiger partial charge in [0.05, 0.1) is 11.7 Å². The van der Waals surface area contributed by atoms with E-state index in [-0.39, 0.29) is 17.7 Å². The Hall–Kier alpha value is -3.33. The number of anilines is 1. The quantitative estimate of drug-likeness (QED) is 0.560. The standard InChI is InChI=1S/C21H19F2N3O3S/c1-12(24-13(2)27)14-3-5-15(6-4-14)18-11-30-21(25-18)26-19(28)16-7-9-17(10-8-16)29-20(22)23/h3-12,20H,1-2H3,(H,24,27)(H,25,26,28). The van der Waals surface area contributed by atoms with Crippen molar-refractivity contribution in [1.82, 2.24) is 10.3 Å². The number of aromatic nitrogens is 1. The molecule has 3 rings (SSSR count). The number of nitrogens with one attached hydrogen (secondary N) is 2. The van der Waals surface area contributed by atoms with Gasteiger partial charge in [0.2, 0.25) is 5.91 Å². The molecule has 0 aliphatic carbocycles. The van der Waals surface area contributed by atoms with Crippen LogP contribution in [0.5, 0.6) is 5.75 Å². The summed E-state index contributed by atoms with van der Waals surface area (Å²) in [6.07, 6.45) is 0. The maximum atomic E-state index is 12.3. The van der Waals surface area contributed by atoms with Gasteiger partial charge in [0.25, 0.3) is 5.91 Å². The van der Waals surface area contributed by atoms with Gasteiger partial charge < -0.3 is 10.1 Å². The van der Waals surface area contributed by atoms with Crippen molar-refractivity contribution in [1.29, 1.82) is 0 Å². The Morgan fingerprint density at radius 1 is 1.07 bits per heavy atom. The molecule has 30 heavy (non-hydrogen) atoms. The van der Waals surface area contributed by atoms with Crippen LogP contribution in [0, 0.1) is 0 Å². The topological polar surface area (TPSA) is 80.3 Å². The Bertz CT molecular complexity index is 1020. The molecule has 0 aliphatic rings. The normalized spacial score (nSPS) is 11.8. The lowest BCUT2D eigenvalue weighted by Crippen LogP contribution is -2.23. The maximum absolute atomic E-state index is 12.3. The van der Waals surface area contributed by atoms with Gasteiger partial charge in [0.15, 0.2) is 5.13 Å². The minimum Gasteiger partial charge on any atom is -0.435 e. The number of ether oxygens (including phenoxy) is 1. The van der Waals surface area contributed by atoms with Gasteiger partial charge in [-0.3, -0.25) is 14.9 Å². The van der Waals surface area contributed by atoms with Gasteiger partial charge in [-0.05, 0) is 36.8 Å². The van der Waals surface area contributed by atoms with Crippen molar-refractivity contribution in [2.45, 2.75) is 26.5 Å². The smallest absolute Gasteiger partial charge is 0.387 e. The van der Waals surface area contributed by atoms with Gasteiger partial charge in [-0.25, -0.2) is 4.98 Å². The Morgan fingerprint density at radius 2 is 1.73 bits per heavy atom. The van der Waals surface area contributed by atoms with Crippen LogP contribution >= 0.6 is 11.3 Å². The SMILES string of the molecule is CC(=O)NC(C)c1ccc(-c2csc(NC(=O)c3ccc(OC(F)F)cc3)n2)cc1. The third-order valence-corrected chi connectivity index (χ3v) is 4.95. The minimum atomic E-state index is -2.92. The lowest BCUT2D eigenvalue weighted by atomic mass is 10.1. The highest BCUT2D eigenvalue weighted by atomic mass is 32.1. The average molecular weight is 431 g/mol. The monoisotopic (exact) mass is 431 g/mol.